The van der Waals surface area contributed by atoms with Gasteiger partial charge in [0.15, 0.2) is 0 Å². The molecule has 3 aromatic rings. The summed E-state index contributed by atoms with van der Waals surface area (Å²) in [6.45, 7) is 10.5. The summed E-state index contributed by atoms with van der Waals surface area (Å²) in [5, 5.41) is 11.4. The van der Waals surface area contributed by atoms with Crippen LogP contribution in [0.4, 0.5) is 5.69 Å². The molecular formula is C22H25N3O2S. The Bertz CT molecular complexity index is 952. The lowest BCUT2D eigenvalue weighted by Crippen LogP contribution is -2.15. The van der Waals surface area contributed by atoms with Crippen molar-refractivity contribution < 1.29 is 9.21 Å². The minimum Gasteiger partial charge on any atom is -0.411 e. The zero-order chi connectivity index (χ0) is 20.3. The first kappa shape index (κ1) is 20.1. The number of benzene rings is 2. The summed E-state index contributed by atoms with van der Waals surface area (Å²) in [5.74, 6) is 0.558. The van der Waals surface area contributed by atoms with E-state index in [1.54, 1.807) is 0 Å². The average molecular weight is 396 g/mol. The molecular weight excluding hydrogens is 370 g/mol. The van der Waals surface area contributed by atoms with Crippen molar-refractivity contribution in [1.82, 2.24) is 10.2 Å². The molecule has 3 rings (SSSR count). The van der Waals surface area contributed by atoms with Crippen LogP contribution in [0.1, 0.15) is 37.5 Å². The summed E-state index contributed by atoms with van der Waals surface area (Å²) in [4.78, 5) is 12.2. The Morgan fingerprint density at radius 3 is 2.29 bits per heavy atom. The van der Waals surface area contributed by atoms with Crippen LogP contribution in [0.15, 0.2) is 52.1 Å². The van der Waals surface area contributed by atoms with Crippen molar-refractivity contribution >= 4 is 23.4 Å². The maximum atomic E-state index is 12.2. The van der Waals surface area contributed by atoms with Crippen molar-refractivity contribution in [2.75, 3.05) is 11.1 Å². The Balaban J connectivity index is 1.57. The van der Waals surface area contributed by atoms with Crippen LogP contribution < -0.4 is 5.32 Å². The van der Waals surface area contributed by atoms with E-state index in [9.17, 15) is 4.79 Å². The molecule has 5 nitrogen and oxygen atoms in total. The third kappa shape index (κ3) is 5.23. The van der Waals surface area contributed by atoms with Crippen LogP contribution in [0.3, 0.4) is 0 Å². The second-order valence-electron chi connectivity index (χ2n) is 7.91. The molecule has 146 valence electrons. The van der Waals surface area contributed by atoms with E-state index in [4.69, 9.17) is 4.42 Å². The molecule has 0 bridgehead atoms. The summed E-state index contributed by atoms with van der Waals surface area (Å²) in [6, 6.07) is 14.0. The first-order valence-corrected chi connectivity index (χ1v) is 10.1. The number of amides is 1. The van der Waals surface area contributed by atoms with E-state index in [0.717, 1.165) is 22.4 Å². The molecule has 0 aliphatic carbocycles. The van der Waals surface area contributed by atoms with Gasteiger partial charge < -0.3 is 9.73 Å². The number of nitrogens with one attached hydrogen (secondary N) is 1. The van der Waals surface area contributed by atoms with Crippen molar-refractivity contribution in [3.8, 4) is 11.5 Å². The van der Waals surface area contributed by atoms with Gasteiger partial charge in [-0.3, -0.25) is 4.79 Å². The number of carbonyl (C=O) groups is 1. The van der Waals surface area contributed by atoms with Gasteiger partial charge in [-0.05, 0) is 49.1 Å². The second kappa shape index (κ2) is 8.19. The van der Waals surface area contributed by atoms with Crippen LogP contribution in [-0.2, 0) is 10.2 Å². The van der Waals surface area contributed by atoms with Crippen LogP contribution in [-0.4, -0.2) is 21.9 Å². The lowest BCUT2D eigenvalue weighted by Gasteiger charge is -2.19. The highest BCUT2D eigenvalue weighted by Gasteiger charge is 2.14. The highest BCUT2D eigenvalue weighted by Crippen LogP contribution is 2.26. The largest absolute Gasteiger partial charge is 0.411 e. The topological polar surface area (TPSA) is 68.0 Å². The monoisotopic (exact) mass is 395 g/mol. The molecule has 0 radical (unpaired) electrons. The lowest BCUT2D eigenvalue weighted by molar-refractivity contribution is -0.113. The van der Waals surface area contributed by atoms with Crippen molar-refractivity contribution in [3.05, 3.63) is 59.2 Å². The summed E-state index contributed by atoms with van der Waals surface area (Å²) in [6.07, 6.45) is 0. The fraction of sp³-hybridized carbons (Fsp3) is 0.318. The Morgan fingerprint density at radius 2 is 1.68 bits per heavy atom. The molecule has 0 unspecified atom stereocenters. The van der Waals surface area contributed by atoms with E-state index in [1.165, 1.54) is 17.3 Å². The smallest absolute Gasteiger partial charge is 0.277 e. The second-order valence-corrected chi connectivity index (χ2v) is 8.84. The third-order valence-corrected chi connectivity index (χ3v) is 5.05. The number of rotatable bonds is 5. The number of thioether (sulfide) groups is 1. The van der Waals surface area contributed by atoms with Crippen molar-refractivity contribution in [2.45, 2.75) is 45.3 Å². The SMILES string of the molecule is Cc1cc(C)cc(-c2nnc(SCC(=O)Nc3ccc(C(C)(C)C)cc3)o2)c1. The minimum absolute atomic E-state index is 0.0872. The van der Waals surface area contributed by atoms with Gasteiger partial charge in [-0.15, -0.1) is 10.2 Å². The summed E-state index contributed by atoms with van der Waals surface area (Å²) in [5.41, 5.74) is 5.26. The highest BCUT2D eigenvalue weighted by molar-refractivity contribution is 7.99. The van der Waals surface area contributed by atoms with Gasteiger partial charge in [0.25, 0.3) is 5.22 Å². The number of nitrogens with zero attached hydrogens (tertiary/aromatic N) is 2. The number of hydrogen-bond acceptors (Lipinski definition) is 5. The highest BCUT2D eigenvalue weighted by atomic mass is 32.2. The number of aryl methyl sites for hydroxylation is 2. The Hall–Kier alpha value is -2.60. The van der Waals surface area contributed by atoms with E-state index in [0.29, 0.717) is 11.1 Å². The Morgan fingerprint density at radius 1 is 1.04 bits per heavy atom. The molecule has 1 aromatic heterocycles. The molecule has 6 heteroatoms. The van der Waals surface area contributed by atoms with Crippen LogP contribution in [0.5, 0.6) is 0 Å². The number of anilines is 1. The molecule has 0 aliphatic heterocycles. The zero-order valence-corrected chi connectivity index (χ0v) is 17.7. The van der Waals surface area contributed by atoms with Gasteiger partial charge in [-0.1, -0.05) is 61.9 Å². The standard InChI is InChI=1S/C22H25N3O2S/c1-14-10-15(2)12-16(11-14)20-24-25-21(27-20)28-13-19(26)23-18-8-6-17(7-9-18)22(3,4)5/h6-12H,13H2,1-5H3,(H,23,26). The molecule has 0 atom stereocenters. The van der Waals surface area contributed by atoms with Crippen LogP contribution >= 0.6 is 11.8 Å². The van der Waals surface area contributed by atoms with Gasteiger partial charge in [0.05, 0.1) is 5.75 Å². The quantitative estimate of drug-likeness (QED) is 0.587. The maximum absolute atomic E-state index is 12.2. The van der Waals surface area contributed by atoms with Crippen molar-refractivity contribution in [2.24, 2.45) is 0 Å². The maximum Gasteiger partial charge on any atom is 0.277 e. The first-order chi connectivity index (χ1) is 13.2. The molecule has 28 heavy (non-hydrogen) atoms. The van der Waals surface area contributed by atoms with E-state index < -0.39 is 0 Å². The zero-order valence-electron chi connectivity index (χ0n) is 16.9. The van der Waals surface area contributed by atoms with Crippen LogP contribution in [0, 0.1) is 13.8 Å². The average Bonchev–Trinajstić information content (AvgIpc) is 3.08. The molecule has 0 saturated carbocycles. The van der Waals surface area contributed by atoms with Gasteiger partial charge in [0.2, 0.25) is 11.8 Å². The Labute approximate surface area is 170 Å². The molecule has 0 spiro atoms. The molecule has 1 amide bonds. The van der Waals surface area contributed by atoms with E-state index >= 15 is 0 Å². The molecule has 1 heterocycles. The molecule has 0 fully saturated rings. The van der Waals surface area contributed by atoms with Gasteiger partial charge in [0.1, 0.15) is 0 Å². The number of carbonyl (C=O) groups excluding carboxylic acids is 1. The number of hydrogen-bond donors (Lipinski definition) is 1. The van der Waals surface area contributed by atoms with Crippen LogP contribution in [0.2, 0.25) is 0 Å². The van der Waals surface area contributed by atoms with Gasteiger partial charge in [-0.25, -0.2) is 0 Å². The summed E-state index contributed by atoms with van der Waals surface area (Å²) < 4.78 is 5.69. The summed E-state index contributed by atoms with van der Waals surface area (Å²) >= 11 is 1.23. The molecule has 0 aliphatic rings. The molecule has 1 N–H and O–H groups in total. The predicted molar refractivity (Wildman–Crippen MR) is 114 cm³/mol. The number of aromatic nitrogens is 2. The van der Waals surface area contributed by atoms with Gasteiger partial charge >= 0.3 is 0 Å². The van der Waals surface area contributed by atoms with Gasteiger partial charge in [0, 0.05) is 11.3 Å². The van der Waals surface area contributed by atoms with E-state index in [1.807, 2.05) is 50.2 Å². The summed E-state index contributed by atoms with van der Waals surface area (Å²) in [7, 11) is 0. The van der Waals surface area contributed by atoms with Gasteiger partial charge in [-0.2, -0.15) is 0 Å². The third-order valence-electron chi connectivity index (χ3n) is 4.24. The minimum atomic E-state index is -0.111. The molecule has 2 aromatic carbocycles. The Kier molecular flexibility index (Phi) is 5.89. The first-order valence-electron chi connectivity index (χ1n) is 9.16. The molecule has 0 saturated heterocycles. The van der Waals surface area contributed by atoms with Crippen molar-refractivity contribution in [3.63, 3.8) is 0 Å². The van der Waals surface area contributed by atoms with E-state index in [2.05, 4.69) is 42.4 Å². The lowest BCUT2D eigenvalue weighted by atomic mass is 9.87. The van der Waals surface area contributed by atoms with E-state index in [-0.39, 0.29) is 17.1 Å². The van der Waals surface area contributed by atoms with Crippen molar-refractivity contribution in [1.29, 1.82) is 0 Å². The fourth-order valence-electron chi connectivity index (χ4n) is 2.86. The normalized spacial score (nSPS) is 11.5. The predicted octanol–water partition coefficient (Wildman–Crippen LogP) is 5.38. The fourth-order valence-corrected chi connectivity index (χ4v) is 3.42. The van der Waals surface area contributed by atoms with Crippen LogP contribution in [0.25, 0.3) is 11.5 Å².